The van der Waals surface area contributed by atoms with Crippen LogP contribution in [0.25, 0.3) is 0 Å². The Hall–Kier alpha value is -2.12. The molecular weight excluding hydrogens is 364 g/mol. The Kier molecular flexibility index (Phi) is 6.34. The third kappa shape index (κ3) is 4.59. The molecule has 1 aliphatic rings. The first-order chi connectivity index (χ1) is 13.0. The van der Waals surface area contributed by atoms with Gasteiger partial charge in [0, 0.05) is 4.88 Å². The summed E-state index contributed by atoms with van der Waals surface area (Å²) in [7, 11) is 0. The standard InChI is InChI=1S/C20H26N2O4S/c1-4-25-20(24)17-15-8-7-12(2)10-16(15)27-19(17)22-18(23)13(3)21-11-14-6-5-9-26-14/h5-6,9,12-13,21H,4,7-8,10-11H2,1-3H3,(H,22,23)/t12-,13-/m0/s1. The molecule has 0 saturated heterocycles. The second-order valence-corrected chi connectivity index (χ2v) is 8.05. The number of nitrogens with one attached hydrogen (secondary N) is 2. The van der Waals surface area contributed by atoms with Gasteiger partial charge in [-0.2, -0.15) is 0 Å². The van der Waals surface area contributed by atoms with Crippen molar-refractivity contribution in [1.82, 2.24) is 5.32 Å². The Morgan fingerprint density at radius 2 is 2.26 bits per heavy atom. The maximum Gasteiger partial charge on any atom is 0.341 e. The molecule has 1 aliphatic carbocycles. The molecule has 2 aromatic heterocycles. The van der Waals surface area contributed by atoms with Gasteiger partial charge in [-0.25, -0.2) is 4.79 Å². The van der Waals surface area contributed by atoms with Crippen molar-refractivity contribution >= 4 is 28.2 Å². The number of carbonyl (C=O) groups is 2. The van der Waals surface area contributed by atoms with Gasteiger partial charge in [0.05, 0.1) is 31.0 Å². The SMILES string of the molecule is CCOC(=O)c1c(NC(=O)[C@H](C)NCc2ccco2)sc2c1CC[C@H](C)C2. The molecule has 2 atom stereocenters. The van der Waals surface area contributed by atoms with Crippen molar-refractivity contribution < 1.29 is 18.7 Å². The van der Waals surface area contributed by atoms with Crippen LogP contribution in [0.2, 0.25) is 0 Å². The lowest BCUT2D eigenvalue weighted by Gasteiger charge is -2.18. The van der Waals surface area contributed by atoms with Crippen molar-refractivity contribution in [3.63, 3.8) is 0 Å². The lowest BCUT2D eigenvalue weighted by molar-refractivity contribution is -0.117. The number of esters is 1. The maximum absolute atomic E-state index is 12.6. The second kappa shape index (κ2) is 8.71. The van der Waals surface area contributed by atoms with E-state index >= 15 is 0 Å². The van der Waals surface area contributed by atoms with Crippen LogP contribution in [0.3, 0.4) is 0 Å². The highest BCUT2D eigenvalue weighted by Gasteiger charge is 2.29. The summed E-state index contributed by atoms with van der Waals surface area (Å²) >= 11 is 1.50. The second-order valence-electron chi connectivity index (χ2n) is 6.95. The van der Waals surface area contributed by atoms with Gasteiger partial charge in [-0.3, -0.25) is 10.1 Å². The Balaban J connectivity index is 1.74. The zero-order valence-electron chi connectivity index (χ0n) is 16.0. The fraction of sp³-hybridized carbons (Fsp3) is 0.500. The van der Waals surface area contributed by atoms with Crippen LogP contribution >= 0.6 is 11.3 Å². The predicted octanol–water partition coefficient (Wildman–Crippen LogP) is 3.76. The molecule has 0 spiro atoms. The van der Waals surface area contributed by atoms with Crippen LogP contribution in [-0.4, -0.2) is 24.5 Å². The molecule has 0 fully saturated rings. The van der Waals surface area contributed by atoms with E-state index < -0.39 is 6.04 Å². The maximum atomic E-state index is 12.6. The third-order valence-electron chi connectivity index (χ3n) is 4.78. The number of fused-ring (bicyclic) bond motifs is 1. The van der Waals surface area contributed by atoms with E-state index in [0.717, 1.165) is 30.6 Å². The molecule has 0 bridgehead atoms. The van der Waals surface area contributed by atoms with Gasteiger partial charge in [0.15, 0.2) is 0 Å². The lowest BCUT2D eigenvalue weighted by atomic mass is 9.88. The lowest BCUT2D eigenvalue weighted by Crippen LogP contribution is -2.37. The molecule has 27 heavy (non-hydrogen) atoms. The molecule has 2 aromatic rings. The van der Waals surface area contributed by atoms with E-state index in [1.54, 1.807) is 20.1 Å². The van der Waals surface area contributed by atoms with Crippen molar-refractivity contribution in [3.8, 4) is 0 Å². The Bertz CT molecular complexity index is 797. The molecule has 146 valence electrons. The van der Waals surface area contributed by atoms with E-state index in [0.29, 0.717) is 29.6 Å². The molecule has 0 unspecified atom stereocenters. The van der Waals surface area contributed by atoms with E-state index in [-0.39, 0.29) is 11.9 Å². The number of rotatable bonds is 7. The summed E-state index contributed by atoms with van der Waals surface area (Å²) < 4.78 is 10.5. The normalized spacial score (nSPS) is 17.2. The molecular formula is C20H26N2O4S. The van der Waals surface area contributed by atoms with E-state index in [1.807, 2.05) is 12.1 Å². The highest BCUT2D eigenvalue weighted by atomic mass is 32.1. The number of thiophene rings is 1. The summed E-state index contributed by atoms with van der Waals surface area (Å²) in [6, 6.07) is 3.23. The van der Waals surface area contributed by atoms with Gasteiger partial charge in [0.1, 0.15) is 10.8 Å². The topological polar surface area (TPSA) is 80.6 Å². The number of ether oxygens (including phenoxy) is 1. The molecule has 3 rings (SSSR count). The number of furan rings is 1. The fourth-order valence-corrected chi connectivity index (χ4v) is 4.64. The average Bonchev–Trinajstić information content (AvgIpc) is 3.26. The minimum Gasteiger partial charge on any atom is -0.468 e. The van der Waals surface area contributed by atoms with Crippen molar-refractivity contribution in [3.05, 3.63) is 40.2 Å². The summed E-state index contributed by atoms with van der Waals surface area (Å²) in [6.07, 6.45) is 4.44. The molecule has 2 heterocycles. The smallest absolute Gasteiger partial charge is 0.341 e. The van der Waals surface area contributed by atoms with Crippen molar-refractivity contribution in [2.45, 2.75) is 52.6 Å². The van der Waals surface area contributed by atoms with E-state index in [4.69, 9.17) is 9.15 Å². The van der Waals surface area contributed by atoms with Gasteiger partial charge in [-0.15, -0.1) is 11.3 Å². The highest BCUT2D eigenvalue weighted by Crippen LogP contribution is 2.40. The van der Waals surface area contributed by atoms with Gasteiger partial charge in [0.2, 0.25) is 5.91 Å². The number of amides is 1. The van der Waals surface area contributed by atoms with Gasteiger partial charge in [0.25, 0.3) is 0 Å². The molecule has 6 nitrogen and oxygen atoms in total. The van der Waals surface area contributed by atoms with Crippen molar-refractivity contribution in [2.75, 3.05) is 11.9 Å². The molecule has 1 amide bonds. The van der Waals surface area contributed by atoms with E-state index in [9.17, 15) is 9.59 Å². The quantitative estimate of drug-likeness (QED) is 0.704. The van der Waals surface area contributed by atoms with Crippen LogP contribution in [-0.2, 0) is 28.9 Å². The van der Waals surface area contributed by atoms with Crippen LogP contribution in [0.5, 0.6) is 0 Å². The Morgan fingerprint density at radius 1 is 1.44 bits per heavy atom. The van der Waals surface area contributed by atoms with Gasteiger partial charge >= 0.3 is 5.97 Å². The predicted molar refractivity (Wildman–Crippen MR) is 105 cm³/mol. The van der Waals surface area contributed by atoms with E-state index in [1.165, 1.54) is 16.2 Å². The van der Waals surface area contributed by atoms with Crippen LogP contribution in [0.15, 0.2) is 22.8 Å². The molecule has 0 aliphatic heterocycles. The van der Waals surface area contributed by atoms with Crippen LogP contribution in [0.4, 0.5) is 5.00 Å². The first kappa shape index (κ1) is 19.6. The molecule has 0 radical (unpaired) electrons. The minimum absolute atomic E-state index is 0.182. The van der Waals surface area contributed by atoms with Crippen LogP contribution in [0, 0.1) is 5.92 Å². The number of hydrogen-bond acceptors (Lipinski definition) is 6. The molecule has 7 heteroatoms. The summed E-state index contributed by atoms with van der Waals surface area (Å²) in [6.45, 7) is 6.57. The van der Waals surface area contributed by atoms with Gasteiger partial charge < -0.3 is 14.5 Å². The van der Waals surface area contributed by atoms with Gasteiger partial charge in [-0.1, -0.05) is 6.92 Å². The van der Waals surface area contributed by atoms with Crippen molar-refractivity contribution in [1.29, 1.82) is 0 Å². The summed E-state index contributed by atoms with van der Waals surface area (Å²) in [4.78, 5) is 26.3. The fourth-order valence-electron chi connectivity index (χ4n) is 3.24. The number of anilines is 1. The first-order valence-corrected chi connectivity index (χ1v) is 10.2. The summed E-state index contributed by atoms with van der Waals surface area (Å²) in [5.74, 6) is 0.820. The van der Waals surface area contributed by atoms with E-state index in [2.05, 4.69) is 17.6 Å². The Morgan fingerprint density at radius 3 is 2.96 bits per heavy atom. The molecule has 0 saturated carbocycles. The first-order valence-electron chi connectivity index (χ1n) is 9.37. The zero-order valence-corrected chi connectivity index (χ0v) is 16.8. The zero-order chi connectivity index (χ0) is 19.4. The average molecular weight is 391 g/mol. The van der Waals surface area contributed by atoms with Gasteiger partial charge in [-0.05, 0) is 56.7 Å². The minimum atomic E-state index is -0.428. The van der Waals surface area contributed by atoms with Crippen LogP contribution in [0.1, 0.15) is 53.8 Å². The van der Waals surface area contributed by atoms with Crippen molar-refractivity contribution in [2.24, 2.45) is 5.92 Å². The third-order valence-corrected chi connectivity index (χ3v) is 5.95. The monoisotopic (exact) mass is 390 g/mol. The molecule has 2 N–H and O–H groups in total. The Labute approximate surface area is 163 Å². The summed E-state index contributed by atoms with van der Waals surface area (Å²) in [5, 5.41) is 6.67. The number of carbonyl (C=O) groups excluding carboxylic acids is 2. The number of hydrogen-bond donors (Lipinski definition) is 2. The summed E-state index contributed by atoms with van der Waals surface area (Å²) in [5.41, 5.74) is 1.58. The molecule has 0 aromatic carbocycles. The highest BCUT2D eigenvalue weighted by molar-refractivity contribution is 7.17. The van der Waals surface area contributed by atoms with Crippen LogP contribution < -0.4 is 10.6 Å². The largest absolute Gasteiger partial charge is 0.468 e.